The normalized spacial score (nSPS) is 11.0. The number of ether oxygens (including phenoxy) is 1. The standard InChI is InChI=1S/C19H23N3O/c1-16-14-19(17-8-4-5-9-18(17)21-16)23-13-7-3-2-6-11-22-12-10-20-15-22/h4-5,8-10,12,14-15H,2-3,6-7,11,13H2,1H3. The zero-order valence-corrected chi connectivity index (χ0v) is 13.6. The zero-order chi connectivity index (χ0) is 15.9. The van der Waals surface area contributed by atoms with E-state index in [1.54, 1.807) is 0 Å². The highest BCUT2D eigenvalue weighted by molar-refractivity contribution is 5.85. The molecule has 0 aliphatic rings. The van der Waals surface area contributed by atoms with Gasteiger partial charge in [-0.25, -0.2) is 4.98 Å². The van der Waals surface area contributed by atoms with Gasteiger partial charge in [0.2, 0.25) is 0 Å². The Labute approximate surface area is 137 Å². The van der Waals surface area contributed by atoms with E-state index in [0.29, 0.717) is 0 Å². The third-order valence-corrected chi connectivity index (χ3v) is 3.93. The average molecular weight is 309 g/mol. The van der Waals surface area contributed by atoms with Crippen LogP contribution in [0.1, 0.15) is 31.4 Å². The summed E-state index contributed by atoms with van der Waals surface area (Å²) in [5.74, 6) is 0.950. The maximum Gasteiger partial charge on any atom is 0.130 e. The molecular weight excluding hydrogens is 286 g/mol. The Kier molecular flexibility index (Phi) is 5.25. The van der Waals surface area contributed by atoms with Gasteiger partial charge in [0.25, 0.3) is 0 Å². The summed E-state index contributed by atoms with van der Waals surface area (Å²) in [7, 11) is 0. The number of para-hydroxylation sites is 1. The smallest absolute Gasteiger partial charge is 0.130 e. The van der Waals surface area contributed by atoms with Gasteiger partial charge in [0.15, 0.2) is 0 Å². The van der Waals surface area contributed by atoms with Crippen LogP contribution in [-0.2, 0) is 6.54 Å². The molecule has 120 valence electrons. The number of benzene rings is 1. The number of fused-ring (bicyclic) bond motifs is 1. The van der Waals surface area contributed by atoms with E-state index in [1.807, 2.05) is 49.9 Å². The van der Waals surface area contributed by atoms with Crippen molar-refractivity contribution in [1.82, 2.24) is 14.5 Å². The molecule has 2 heterocycles. The molecule has 1 aromatic carbocycles. The summed E-state index contributed by atoms with van der Waals surface area (Å²) >= 11 is 0. The Morgan fingerprint density at radius 3 is 2.83 bits per heavy atom. The molecule has 4 nitrogen and oxygen atoms in total. The van der Waals surface area contributed by atoms with E-state index in [4.69, 9.17) is 4.74 Å². The largest absolute Gasteiger partial charge is 0.493 e. The van der Waals surface area contributed by atoms with Crippen molar-refractivity contribution in [2.45, 2.75) is 39.2 Å². The fourth-order valence-corrected chi connectivity index (χ4v) is 2.74. The van der Waals surface area contributed by atoms with Gasteiger partial charge in [-0.1, -0.05) is 25.0 Å². The molecule has 0 aliphatic carbocycles. The number of hydrogen-bond acceptors (Lipinski definition) is 3. The maximum absolute atomic E-state index is 6.00. The lowest BCUT2D eigenvalue weighted by Gasteiger charge is -2.10. The van der Waals surface area contributed by atoms with Crippen molar-refractivity contribution in [2.75, 3.05) is 6.61 Å². The second-order valence-corrected chi connectivity index (χ2v) is 5.84. The summed E-state index contributed by atoms with van der Waals surface area (Å²) < 4.78 is 8.12. The van der Waals surface area contributed by atoms with E-state index in [-0.39, 0.29) is 0 Å². The Bertz CT molecular complexity index is 737. The molecule has 0 atom stereocenters. The maximum atomic E-state index is 6.00. The van der Waals surface area contributed by atoms with Gasteiger partial charge in [-0.15, -0.1) is 0 Å². The van der Waals surface area contributed by atoms with Crippen molar-refractivity contribution in [3.8, 4) is 5.75 Å². The molecule has 2 aromatic heterocycles. The monoisotopic (exact) mass is 309 g/mol. The Hall–Kier alpha value is -2.36. The molecule has 0 aliphatic heterocycles. The van der Waals surface area contributed by atoms with Gasteiger partial charge in [0.05, 0.1) is 18.5 Å². The van der Waals surface area contributed by atoms with Crippen molar-refractivity contribution >= 4 is 10.9 Å². The van der Waals surface area contributed by atoms with Crippen molar-refractivity contribution in [1.29, 1.82) is 0 Å². The number of aryl methyl sites for hydroxylation is 2. The molecule has 0 fully saturated rings. The Balaban J connectivity index is 1.42. The molecule has 0 spiro atoms. The topological polar surface area (TPSA) is 39.9 Å². The first-order chi connectivity index (χ1) is 11.3. The second kappa shape index (κ2) is 7.77. The number of hydrogen-bond donors (Lipinski definition) is 0. The molecule has 4 heteroatoms. The summed E-state index contributed by atoms with van der Waals surface area (Å²) in [6.07, 6.45) is 10.4. The van der Waals surface area contributed by atoms with Crippen LogP contribution in [0.5, 0.6) is 5.75 Å². The molecule has 0 bridgehead atoms. The quantitative estimate of drug-likeness (QED) is 0.580. The lowest BCUT2D eigenvalue weighted by Crippen LogP contribution is -2.00. The minimum atomic E-state index is 0.762. The number of aromatic nitrogens is 3. The molecule has 0 saturated carbocycles. The summed E-state index contributed by atoms with van der Waals surface area (Å²) in [4.78, 5) is 8.60. The highest BCUT2D eigenvalue weighted by atomic mass is 16.5. The highest BCUT2D eigenvalue weighted by Gasteiger charge is 2.04. The third-order valence-electron chi connectivity index (χ3n) is 3.93. The Morgan fingerprint density at radius 1 is 1.09 bits per heavy atom. The summed E-state index contributed by atoms with van der Waals surface area (Å²) in [6, 6.07) is 10.2. The molecule has 0 saturated heterocycles. The summed E-state index contributed by atoms with van der Waals surface area (Å²) in [6.45, 7) is 3.82. The van der Waals surface area contributed by atoms with Crippen LogP contribution < -0.4 is 4.74 Å². The van der Waals surface area contributed by atoms with Gasteiger partial charge in [-0.2, -0.15) is 0 Å². The van der Waals surface area contributed by atoms with Crippen molar-refractivity contribution in [3.05, 3.63) is 54.7 Å². The van der Waals surface area contributed by atoms with E-state index in [1.165, 1.54) is 19.3 Å². The molecular formula is C19H23N3O. The van der Waals surface area contributed by atoms with Gasteiger partial charge in [-0.3, -0.25) is 4.98 Å². The van der Waals surface area contributed by atoms with Crippen molar-refractivity contribution in [2.24, 2.45) is 0 Å². The highest BCUT2D eigenvalue weighted by Crippen LogP contribution is 2.25. The number of unbranched alkanes of at least 4 members (excludes halogenated alkanes) is 3. The van der Waals surface area contributed by atoms with Gasteiger partial charge < -0.3 is 9.30 Å². The van der Waals surface area contributed by atoms with Gasteiger partial charge in [0.1, 0.15) is 5.75 Å². The molecule has 0 N–H and O–H groups in total. The van der Waals surface area contributed by atoms with Crippen LogP contribution >= 0.6 is 0 Å². The predicted octanol–water partition coefficient (Wildman–Crippen LogP) is 4.38. The van der Waals surface area contributed by atoms with E-state index in [9.17, 15) is 0 Å². The first-order valence-electron chi connectivity index (χ1n) is 8.28. The lowest BCUT2D eigenvalue weighted by molar-refractivity contribution is 0.307. The molecule has 0 amide bonds. The summed E-state index contributed by atoms with van der Waals surface area (Å²) in [5, 5.41) is 1.10. The zero-order valence-electron chi connectivity index (χ0n) is 13.6. The molecule has 23 heavy (non-hydrogen) atoms. The Morgan fingerprint density at radius 2 is 1.96 bits per heavy atom. The van der Waals surface area contributed by atoms with Gasteiger partial charge in [-0.05, 0) is 31.9 Å². The number of pyridine rings is 1. The minimum Gasteiger partial charge on any atom is -0.493 e. The molecule has 0 unspecified atom stereocenters. The molecule has 0 radical (unpaired) electrons. The van der Waals surface area contributed by atoms with Crippen LogP contribution in [0.25, 0.3) is 10.9 Å². The summed E-state index contributed by atoms with van der Waals surface area (Å²) in [5.41, 5.74) is 2.00. The van der Waals surface area contributed by atoms with Crippen LogP contribution in [0.15, 0.2) is 49.1 Å². The number of imidazole rings is 1. The van der Waals surface area contributed by atoms with E-state index in [0.717, 1.165) is 41.9 Å². The minimum absolute atomic E-state index is 0.762. The van der Waals surface area contributed by atoms with E-state index < -0.39 is 0 Å². The van der Waals surface area contributed by atoms with Crippen LogP contribution in [0.3, 0.4) is 0 Å². The second-order valence-electron chi connectivity index (χ2n) is 5.84. The van der Waals surface area contributed by atoms with Crippen LogP contribution in [0, 0.1) is 6.92 Å². The van der Waals surface area contributed by atoms with Crippen LogP contribution in [-0.4, -0.2) is 21.1 Å². The van der Waals surface area contributed by atoms with Crippen LogP contribution in [0.2, 0.25) is 0 Å². The fraction of sp³-hybridized carbons (Fsp3) is 0.368. The molecule has 3 aromatic rings. The molecule has 3 rings (SSSR count). The van der Waals surface area contributed by atoms with E-state index in [2.05, 4.69) is 20.6 Å². The van der Waals surface area contributed by atoms with Crippen LogP contribution in [0.4, 0.5) is 0 Å². The van der Waals surface area contributed by atoms with Crippen molar-refractivity contribution in [3.63, 3.8) is 0 Å². The average Bonchev–Trinajstić information content (AvgIpc) is 3.07. The number of nitrogens with zero attached hydrogens (tertiary/aromatic N) is 3. The lowest BCUT2D eigenvalue weighted by atomic mass is 10.2. The third kappa shape index (κ3) is 4.31. The van der Waals surface area contributed by atoms with Gasteiger partial charge in [0, 0.05) is 36.1 Å². The fourth-order valence-electron chi connectivity index (χ4n) is 2.74. The van der Waals surface area contributed by atoms with Gasteiger partial charge >= 0.3 is 0 Å². The predicted molar refractivity (Wildman–Crippen MR) is 92.7 cm³/mol. The van der Waals surface area contributed by atoms with Crippen molar-refractivity contribution < 1.29 is 4.74 Å². The van der Waals surface area contributed by atoms with E-state index >= 15 is 0 Å². The first kappa shape index (κ1) is 15.5. The number of rotatable bonds is 8. The first-order valence-corrected chi connectivity index (χ1v) is 8.28. The SMILES string of the molecule is Cc1cc(OCCCCCCn2ccnc2)c2ccccc2n1.